The van der Waals surface area contributed by atoms with Crippen molar-refractivity contribution in [3.8, 4) is 5.75 Å². The Kier molecular flexibility index (Phi) is 2.19. The lowest BCUT2D eigenvalue weighted by atomic mass is 10.0. The van der Waals surface area contributed by atoms with Gasteiger partial charge in [0.15, 0.2) is 11.6 Å². The maximum absolute atomic E-state index is 13.0. The van der Waals surface area contributed by atoms with Crippen molar-refractivity contribution in [3.63, 3.8) is 0 Å². The van der Waals surface area contributed by atoms with Crippen molar-refractivity contribution in [1.82, 2.24) is 5.32 Å². The fourth-order valence-electron chi connectivity index (χ4n) is 1.76. The van der Waals surface area contributed by atoms with Crippen LogP contribution in [-0.2, 0) is 0 Å². The molecule has 1 unspecified atom stereocenters. The average Bonchev–Trinajstić information content (AvgIpc) is 2.62. The van der Waals surface area contributed by atoms with Crippen LogP contribution in [0.5, 0.6) is 5.75 Å². The Labute approximate surface area is 76.4 Å². The van der Waals surface area contributed by atoms with E-state index >= 15 is 0 Å². The number of phenolic OH excluding ortho intramolecular Hbond substituents is 1. The van der Waals surface area contributed by atoms with Crippen molar-refractivity contribution >= 4 is 0 Å². The molecule has 1 fully saturated rings. The summed E-state index contributed by atoms with van der Waals surface area (Å²) in [4.78, 5) is 0. The molecule has 2 N–H and O–H groups in total. The zero-order chi connectivity index (χ0) is 9.26. The predicted octanol–water partition coefficient (Wildman–Crippen LogP) is 1.96. The minimum atomic E-state index is -0.536. The number of phenols is 1. The summed E-state index contributed by atoms with van der Waals surface area (Å²) in [5.41, 5.74) is 0.678. The summed E-state index contributed by atoms with van der Waals surface area (Å²) in [5.74, 6) is -0.742. The fourth-order valence-corrected chi connectivity index (χ4v) is 1.76. The molecule has 0 saturated carbocycles. The number of benzene rings is 1. The van der Waals surface area contributed by atoms with Crippen molar-refractivity contribution in [1.29, 1.82) is 0 Å². The highest BCUT2D eigenvalue weighted by atomic mass is 19.1. The molecule has 1 aromatic rings. The summed E-state index contributed by atoms with van der Waals surface area (Å²) in [5, 5.41) is 12.7. The van der Waals surface area contributed by atoms with Crippen molar-refractivity contribution in [2.45, 2.75) is 18.9 Å². The second kappa shape index (κ2) is 3.34. The molecule has 70 valence electrons. The molecule has 0 radical (unpaired) electrons. The summed E-state index contributed by atoms with van der Waals surface area (Å²) in [6.07, 6.45) is 2.05. The Bertz CT molecular complexity index is 308. The van der Waals surface area contributed by atoms with E-state index in [1.54, 1.807) is 12.1 Å². The Morgan fingerprint density at radius 2 is 2.31 bits per heavy atom. The van der Waals surface area contributed by atoms with E-state index in [0.717, 1.165) is 19.4 Å². The second-order valence-corrected chi connectivity index (χ2v) is 3.33. The molecule has 1 heterocycles. The van der Waals surface area contributed by atoms with Gasteiger partial charge in [-0.05, 0) is 25.5 Å². The minimum Gasteiger partial charge on any atom is -0.505 e. The van der Waals surface area contributed by atoms with Gasteiger partial charge in [0.1, 0.15) is 0 Å². The third-order valence-corrected chi connectivity index (χ3v) is 2.45. The van der Waals surface area contributed by atoms with Gasteiger partial charge in [-0.25, -0.2) is 4.39 Å². The van der Waals surface area contributed by atoms with Crippen LogP contribution in [0.1, 0.15) is 24.4 Å². The lowest BCUT2D eigenvalue weighted by Gasteiger charge is -2.12. The van der Waals surface area contributed by atoms with Crippen LogP contribution in [0, 0.1) is 5.82 Å². The van der Waals surface area contributed by atoms with Gasteiger partial charge in [-0.15, -0.1) is 0 Å². The molecule has 0 aromatic heterocycles. The SMILES string of the molecule is Oc1c(F)cccc1C1CCCN1. The van der Waals surface area contributed by atoms with Crippen LogP contribution in [0.15, 0.2) is 18.2 Å². The molecule has 0 bridgehead atoms. The summed E-state index contributed by atoms with van der Waals surface area (Å²) in [7, 11) is 0. The Hall–Kier alpha value is -1.09. The van der Waals surface area contributed by atoms with Gasteiger partial charge in [-0.3, -0.25) is 0 Å². The quantitative estimate of drug-likeness (QED) is 0.694. The van der Waals surface area contributed by atoms with Gasteiger partial charge in [0.2, 0.25) is 0 Å². The Morgan fingerprint density at radius 3 is 3.00 bits per heavy atom. The molecule has 0 aliphatic carbocycles. The van der Waals surface area contributed by atoms with Crippen molar-refractivity contribution in [3.05, 3.63) is 29.6 Å². The minimum absolute atomic E-state index is 0.121. The summed E-state index contributed by atoms with van der Waals surface area (Å²) in [6, 6.07) is 4.79. The van der Waals surface area contributed by atoms with Crippen LogP contribution in [0.4, 0.5) is 4.39 Å². The number of hydrogen-bond acceptors (Lipinski definition) is 2. The summed E-state index contributed by atoms with van der Waals surface area (Å²) < 4.78 is 13.0. The van der Waals surface area contributed by atoms with Crippen LogP contribution < -0.4 is 5.32 Å². The van der Waals surface area contributed by atoms with Gasteiger partial charge < -0.3 is 10.4 Å². The smallest absolute Gasteiger partial charge is 0.165 e. The van der Waals surface area contributed by atoms with Gasteiger partial charge in [0, 0.05) is 11.6 Å². The average molecular weight is 181 g/mol. The van der Waals surface area contributed by atoms with Crippen LogP contribution in [0.2, 0.25) is 0 Å². The van der Waals surface area contributed by atoms with E-state index in [0.29, 0.717) is 5.56 Å². The third kappa shape index (κ3) is 1.52. The summed E-state index contributed by atoms with van der Waals surface area (Å²) >= 11 is 0. The van der Waals surface area contributed by atoms with Gasteiger partial charge in [0.25, 0.3) is 0 Å². The van der Waals surface area contributed by atoms with Crippen molar-refractivity contribution in [2.75, 3.05) is 6.54 Å². The lowest BCUT2D eigenvalue weighted by Crippen LogP contribution is -2.13. The standard InChI is InChI=1S/C10H12FNO/c11-8-4-1-3-7(10(8)13)9-5-2-6-12-9/h1,3-4,9,12-13H,2,5-6H2. The van der Waals surface area contributed by atoms with Gasteiger partial charge in [-0.2, -0.15) is 0 Å². The van der Waals surface area contributed by atoms with Crippen LogP contribution >= 0.6 is 0 Å². The van der Waals surface area contributed by atoms with E-state index in [9.17, 15) is 9.50 Å². The molecule has 1 aromatic carbocycles. The van der Waals surface area contributed by atoms with Gasteiger partial charge >= 0.3 is 0 Å². The molecule has 0 spiro atoms. The van der Waals surface area contributed by atoms with Gasteiger partial charge in [0.05, 0.1) is 0 Å². The molecular formula is C10H12FNO. The normalized spacial score (nSPS) is 22.1. The molecule has 2 rings (SSSR count). The van der Waals surface area contributed by atoms with E-state index in [2.05, 4.69) is 5.32 Å². The van der Waals surface area contributed by atoms with E-state index in [4.69, 9.17) is 0 Å². The maximum Gasteiger partial charge on any atom is 0.165 e. The first-order valence-corrected chi connectivity index (χ1v) is 4.50. The van der Waals surface area contributed by atoms with E-state index < -0.39 is 5.82 Å². The van der Waals surface area contributed by atoms with E-state index in [1.165, 1.54) is 6.07 Å². The number of nitrogens with one attached hydrogen (secondary N) is 1. The highest BCUT2D eigenvalue weighted by molar-refractivity contribution is 5.36. The molecule has 1 aliphatic heterocycles. The third-order valence-electron chi connectivity index (χ3n) is 2.45. The first kappa shape index (κ1) is 8.51. The second-order valence-electron chi connectivity index (χ2n) is 3.33. The fraction of sp³-hybridized carbons (Fsp3) is 0.400. The highest BCUT2D eigenvalue weighted by Gasteiger charge is 2.20. The van der Waals surface area contributed by atoms with Crippen LogP contribution in [-0.4, -0.2) is 11.7 Å². The monoisotopic (exact) mass is 181 g/mol. The van der Waals surface area contributed by atoms with Crippen LogP contribution in [0.25, 0.3) is 0 Å². The number of aromatic hydroxyl groups is 1. The topological polar surface area (TPSA) is 32.3 Å². The number of rotatable bonds is 1. The molecule has 2 nitrogen and oxygen atoms in total. The zero-order valence-electron chi connectivity index (χ0n) is 7.26. The molecule has 1 saturated heterocycles. The van der Waals surface area contributed by atoms with Gasteiger partial charge in [-0.1, -0.05) is 12.1 Å². The number of hydrogen-bond donors (Lipinski definition) is 2. The lowest BCUT2D eigenvalue weighted by molar-refractivity contribution is 0.417. The molecule has 0 amide bonds. The van der Waals surface area contributed by atoms with Crippen LogP contribution in [0.3, 0.4) is 0 Å². The van der Waals surface area contributed by atoms with E-state index in [-0.39, 0.29) is 11.8 Å². The number of halogens is 1. The number of para-hydroxylation sites is 1. The Balaban J connectivity index is 2.33. The zero-order valence-corrected chi connectivity index (χ0v) is 7.26. The largest absolute Gasteiger partial charge is 0.505 e. The molecule has 1 aliphatic rings. The van der Waals surface area contributed by atoms with E-state index in [1.807, 2.05) is 0 Å². The molecular weight excluding hydrogens is 169 g/mol. The first-order valence-electron chi connectivity index (χ1n) is 4.50. The maximum atomic E-state index is 13.0. The molecule has 3 heteroatoms. The van der Waals surface area contributed by atoms with Crippen molar-refractivity contribution in [2.24, 2.45) is 0 Å². The molecule has 13 heavy (non-hydrogen) atoms. The summed E-state index contributed by atoms with van der Waals surface area (Å²) in [6.45, 7) is 0.945. The first-order chi connectivity index (χ1) is 6.29. The Morgan fingerprint density at radius 1 is 1.46 bits per heavy atom. The highest BCUT2D eigenvalue weighted by Crippen LogP contribution is 2.31. The molecule has 1 atom stereocenters. The predicted molar refractivity (Wildman–Crippen MR) is 48.0 cm³/mol. The van der Waals surface area contributed by atoms with Crippen molar-refractivity contribution < 1.29 is 9.50 Å².